The van der Waals surface area contributed by atoms with Gasteiger partial charge in [-0.2, -0.15) is 0 Å². The second-order valence-electron chi connectivity index (χ2n) is 5.09. The fraction of sp³-hybridized carbons (Fsp3) is 0.571. The van der Waals surface area contributed by atoms with Gasteiger partial charge < -0.3 is 15.6 Å². The summed E-state index contributed by atoms with van der Waals surface area (Å²) < 4.78 is 5.40. The molecule has 0 radical (unpaired) electrons. The molecule has 3 nitrogen and oxygen atoms in total. The average molecular weight is 235 g/mol. The lowest BCUT2D eigenvalue weighted by molar-refractivity contribution is 0.0960. The van der Waals surface area contributed by atoms with E-state index < -0.39 is 0 Å². The maximum absolute atomic E-state index is 9.58. The van der Waals surface area contributed by atoms with Crippen molar-refractivity contribution in [3.63, 3.8) is 0 Å². The van der Waals surface area contributed by atoms with Crippen LogP contribution in [0.3, 0.4) is 0 Å². The number of nitrogens with two attached hydrogens (primary N) is 1. The van der Waals surface area contributed by atoms with Crippen LogP contribution in [0.1, 0.15) is 36.8 Å². The topological polar surface area (TPSA) is 55.5 Å². The van der Waals surface area contributed by atoms with Gasteiger partial charge in [0, 0.05) is 11.1 Å². The molecule has 3 N–H and O–H groups in total. The van der Waals surface area contributed by atoms with Crippen LogP contribution in [0, 0.1) is 6.92 Å². The van der Waals surface area contributed by atoms with Crippen LogP contribution in [0.2, 0.25) is 0 Å². The van der Waals surface area contributed by atoms with Crippen LogP contribution >= 0.6 is 0 Å². The third-order valence-electron chi connectivity index (χ3n) is 3.74. The van der Waals surface area contributed by atoms with Crippen LogP contribution in [0.5, 0.6) is 5.75 Å². The molecular weight excluding hydrogens is 214 g/mol. The van der Waals surface area contributed by atoms with E-state index in [-0.39, 0.29) is 11.6 Å². The Morgan fingerprint density at radius 1 is 1.35 bits per heavy atom. The molecule has 2 rings (SSSR count). The van der Waals surface area contributed by atoms with Gasteiger partial charge in [0.15, 0.2) is 0 Å². The molecule has 1 fully saturated rings. The third kappa shape index (κ3) is 2.45. The summed E-state index contributed by atoms with van der Waals surface area (Å²) in [5, 5.41) is 9.58. The van der Waals surface area contributed by atoms with E-state index in [1.165, 1.54) is 5.56 Å². The molecule has 1 aromatic carbocycles. The fourth-order valence-corrected chi connectivity index (χ4v) is 2.60. The zero-order valence-electron chi connectivity index (χ0n) is 10.6. The molecule has 0 bridgehead atoms. The van der Waals surface area contributed by atoms with E-state index in [2.05, 4.69) is 13.0 Å². The SMILES string of the molecule is COc1ccc(C)cc1C1(N)CCC(O)CC1. The van der Waals surface area contributed by atoms with E-state index >= 15 is 0 Å². The molecule has 0 heterocycles. The Balaban J connectivity index is 2.34. The smallest absolute Gasteiger partial charge is 0.123 e. The molecule has 1 aliphatic rings. The van der Waals surface area contributed by atoms with Gasteiger partial charge in [0.05, 0.1) is 13.2 Å². The third-order valence-corrected chi connectivity index (χ3v) is 3.74. The summed E-state index contributed by atoms with van der Waals surface area (Å²) in [5.74, 6) is 0.856. The van der Waals surface area contributed by atoms with E-state index in [0.717, 1.165) is 37.0 Å². The van der Waals surface area contributed by atoms with Gasteiger partial charge in [-0.1, -0.05) is 17.7 Å². The van der Waals surface area contributed by atoms with Crippen molar-refractivity contribution in [1.82, 2.24) is 0 Å². The first-order valence-electron chi connectivity index (χ1n) is 6.17. The maximum Gasteiger partial charge on any atom is 0.123 e. The summed E-state index contributed by atoms with van der Waals surface area (Å²) in [7, 11) is 1.68. The highest BCUT2D eigenvalue weighted by Gasteiger charge is 2.34. The van der Waals surface area contributed by atoms with E-state index in [1.807, 2.05) is 12.1 Å². The standard InChI is InChI=1S/C14H21NO2/c1-10-3-4-13(17-2)12(9-10)14(15)7-5-11(16)6-8-14/h3-4,9,11,16H,5-8,15H2,1-2H3. The number of rotatable bonds is 2. The fourth-order valence-electron chi connectivity index (χ4n) is 2.60. The molecule has 1 aromatic rings. The number of methoxy groups -OCH3 is 1. The Kier molecular flexibility index (Phi) is 3.40. The van der Waals surface area contributed by atoms with Gasteiger partial charge in [0.2, 0.25) is 0 Å². The molecule has 0 saturated heterocycles. The minimum Gasteiger partial charge on any atom is -0.496 e. The lowest BCUT2D eigenvalue weighted by Gasteiger charge is -2.37. The quantitative estimate of drug-likeness (QED) is 0.825. The molecule has 94 valence electrons. The summed E-state index contributed by atoms with van der Waals surface area (Å²) in [6.45, 7) is 2.06. The van der Waals surface area contributed by atoms with Crippen molar-refractivity contribution in [3.05, 3.63) is 29.3 Å². The van der Waals surface area contributed by atoms with Gasteiger partial charge in [-0.05, 0) is 38.7 Å². The number of benzene rings is 1. The van der Waals surface area contributed by atoms with Gasteiger partial charge in [-0.25, -0.2) is 0 Å². The first-order valence-corrected chi connectivity index (χ1v) is 6.17. The molecule has 0 atom stereocenters. The highest BCUT2D eigenvalue weighted by atomic mass is 16.5. The van der Waals surface area contributed by atoms with Crippen molar-refractivity contribution in [1.29, 1.82) is 0 Å². The predicted molar refractivity (Wildman–Crippen MR) is 68.1 cm³/mol. The Labute approximate surface area is 103 Å². The van der Waals surface area contributed by atoms with Gasteiger partial charge >= 0.3 is 0 Å². The van der Waals surface area contributed by atoms with Gasteiger partial charge in [-0.15, -0.1) is 0 Å². The number of ether oxygens (including phenoxy) is 1. The molecule has 0 aliphatic heterocycles. The molecule has 0 aromatic heterocycles. The Hall–Kier alpha value is -1.06. The molecular formula is C14H21NO2. The second-order valence-corrected chi connectivity index (χ2v) is 5.09. The van der Waals surface area contributed by atoms with Crippen LogP contribution < -0.4 is 10.5 Å². The highest BCUT2D eigenvalue weighted by molar-refractivity contribution is 5.42. The Morgan fingerprint density at radius 2 is 2.00 bits per heavy atom. The molecule has 1 saturated carbocycles. The van der Waals surface area contributed by atoms with Gasteiger partial charge in [0.25, 0.3) is 0 Å². The monoisotopic (exact) mass is 235 g/mol. The second kappa shape index (κ2) is 4.67. The summed E-state index contributed by atoms with van der Waals surface area (Å²) in [4.78, 5) is 0. The first kappa shape index (κ1) is 12.4. The molecule has 0 amide bonds. The molecule has 0 unspecified atom stereocenters. The summed E-state index contributed by atoms with van der Waals surface area (Å²) in [5.41, 5.74) is 8.41. The molecule has 1 aliphatic carbocycles. The largest absolute Gasteiger partial charge is 0.496 e. The average Bonchev–Trinajstić information content (AvgIpc) is 2.33. The highest BCUT2D eigenvalue weighted by Crippen LogP contribution is 2.39. The Morgan fingerprint density at radius 3 is 2.59 bits per heavy atom. The van der Waals surface area contributed by atoms with Crippen LogP contribution in [0.4, 0.5) is 0 Å². The molecule has 17 heavy (non-hydrogen) atoms. The van der Waals surface area contributed by atoms with Gasteiger partial charge in [-0.3, -0.25) is 0 Å². The van der Waals surface area contributed by atoms with Crippen molar-refractivity contribution >= 4 is 0 Å². The zero-order valence-corrected chi connectivity index (χ0v) is 10.6. The van der Waals surface area contributed by atoms with E-state index in [4.69, 9.17) is 10.5 Å². The zero-order chi connectivity index (χ0) is 12.5. The number of aliphatic hydroxyl groups excluding tert-OH is 1. The summed E-state index contributed by atoms with van der Waals surface area (Å²) in [6, 6.07) is 6.12. The Bertz CT molecular complexity index is 395. The van der Waals surface area contributed by atoms with Crippen LogP contribution in [-0.4, -0.2) is 18.3 Å². The normalized spacial score (nSPS) is 29.1. The van der Waals surface area contributed by atoms with E-state index in [0.29, 0.717) is 0 Å². The maximum atomic E-state index is 9.58. The van der Waals surface area contributed by atoms with Crippen LogP contribution in [-0.2, 0) is 5.54 Å². The van der Waals surface area contributed by atoms with Crippen molar-refractivity contribution in [3.8, 4) is 5.75 Å². The van der Waals surface area contributed by atoms with Crippen LogP contribution in [0.25, 0.3) is 0 Å². The van der Waals surface area contributed by atoms with Crippen molar-refractivity contribution in [2.75, 3.05) is 7.11 Å². The first-order chi connectivity index (χ1) is 8.05. The molecule has 3 heteroatoms. The lowest BCUT2D eigenvalue weighted by Crippen LogP contribution is -2.41. The minimum absolute atomic E-state index is 0.192. The number of aliphatic hydroxyl groups is 1. The predicted octanol–water partition coefficient (Wildman–Crippen LogP) is 2.09. The number of hydrogen-bond donors (Lipinski definition) is 2. The van der Waals surface area contributed by atoms with Gasteiger partial charge in [0.1, 0.15) is 5.75 Å². The van der Waals surface area contributed by atoms with E-state index in [1.54, 1.807) is 7.11 Å². The number of aryl methyl sites for hydroxylation is 1. The molecule has 0 spiro atoms. The number of hydrogen-bond acceptors (Lipinski definition) is 3. The summed E-state index contributed by atoms with van der Waals surface area (Å²) >= 11 is 0. The van der Waals surface area contributed by atoms with Crippen molar-refractivity contribution in [2.24, 2.45) is 5.73 Å². The van der Waals surface area contributed by atoms with Crippen molar-refractivity contribution in [2.45, 2.75) is 44.2 Å². The lowest BCUT2D eigenvalue weighted by atomic mass is 9.76. The minimum atomic E-state index is -0.351. The van der Waals surface area contributed by atoms with E-state index in [9.17, 15) is 5.11 Å². The van der Waals surface area contributed by atoms with Crippen molar-refractivity contribution < 1.29 is 9.84 Å². The van der Waals surface area contributed by atoms with Crippen LogP contribution in [0.15, 0.2) is 18.2 Å². The summed E-state index contributed by atoms with van der Waals surface area (Å²) in [6.07, 6.45) is 2.98.